The molecule has 25 heavy (non-hydrogen) atoms. The molecule has 1 aromatic heterocycles. The van der Waals surface area contributed by atoms with E-state index in [9.17, 15) is 4.79 Å². The Morgan fingerprint density at radius 1 is 1.04 bits per heavy atom. The minimum atomic E-state index is -0.339. The number of likely N-dealkylation sites (N-methyl/N-ethyl adjacent to an activating group) is 1. The van der Waals surface area contributed by atoms with Crippen molar-refractivity contribution < 1.29 is 4.79 Å². The van der Waals surface area contributed by atoms with Crippen molar-refractivity contribution in [2.75, 3.05) is 19.4 Å². The van der Waals surface area contributed by atoms with Crippen molar-refractivity contribution >= 4 is 39.8 Å². The Hall–Kier alpha value is -2.38. The van der Waals surface area contributed by atoms with Gasteiger partial charge in [0.1, 0.15) is 5.25 Å². The molecule has 0 saturated heterocycles. The number of benzene rings is 2. The van der Waals surface area contributed by atoms with Crippen LogP contribution in [0.4, 0.5) is 10.8 Å². The number of thioether (sulfide) groups is 1. The average Bonchev–Trinajstić information content (AvgIpc) is 3.07. The van der Waals surface area contributed by atoms with E-state index in [1.165, 1.54) is 23.1 Å². The van der Waals surface area contributed by atoms with Gasteiger partial charge in [0.15, 0.2) is 4.34 Å². The second-order valence-electron chi connectivity index (χ2n) is 5.51. The molecule has 0 aliphatic carbocycles. The minimum absolute atomic E-state index is 0.0315. The summed E-state index contributed by atoms with van der Waals surface area (Å²) in [5, 5.41) is 12.0. The lowest BCUT2D eigenvalue weighted by atomic mass is 10.1. The molecule has 1 heterocycles. The fourth-order valence-electron chi connectivity index (χ4n) is 2.18. The molecule has 0 radical (unpaired) electrons. The second kappa shape index (κ2) is 8.13. The first-order chi connectivity index (χ1) is 12.1. The molecule has 1 N–H and O–H groups in total. The average molecular weight is 371 g/mol. The van der Waals surface area contributed by atoms with Gasteiger partial charge in [-0.1, -0.05) is 71.6 Å². The molecule has 0 aliphatic heterocycles. The zero-order chi connectivity index (χ0) is 17.6. The number of anilines is 2. The summed E-state index contributed by atoms with van der Waals surface area (Å²) in [6.07, 6.45) is 0. The van der Waals surface area contributed by atoms with Gasteiger partial charge in [-0.05, 0) is 17.7 Å². The van der Waals surface area contributed by atoms with Gasteiger partial charge in [-0.25, -0.2) is 0 Å². The summed E-state index contributed by atoms with van der Waals surface area (Å²) < 4.78 is 0.752. The van der Waals surface area contributed by atoms with Gasteiger partial charge in [0.05, 0.1) is 0 Å². The molecule has 7 heteroatoms. The van der Waals surface area contributed by atoms with Crippen molar-refractivity contribution in [1.29, 1.82) is 0 Å². The summed E-state index contributed by atoms with van der Waals surface area (Å²) in [4.78, 5) is 14.2. The third-order valence-electron chi connectivity index (χ3n) is 3.42. The summed E-state index contributed by atoms with van der Waals surface area (Å²) in [7, 11) is 3.53. The number of rotatable bonds is 6. The third-order valence-corrected chi connectivity index (χ3v) is 5.58. The first kappa shape index (κ1) is 17.4. The van der Waals surface area contributed by atoms with Gasteiger partial charge in [-0.2, -0.15) is 0 Å². The topological polar surface area (TPSA) is 58.1 Å². The van der Waals surface area contributed by atoms with E-state index in [2.05, 4.69) is 15.5 Å². The SMILES string of the molecule is CN(C)C(=O)C(Sc1nnc(Nc2ccccc2)s1)c1ccccc1. The van der Waals surface area contributed by atoms with Crippen LogP contribution in [0.2, 0.25) is 0 Å². The molecule has 0 aliphatic rings. The van der Waals surface area contributed by atoms with E-state index in [0.29, 0.717) is 5.13 Å². The highest BCUT2D eigenvalue weighted by Gasteiger charge is 2.25. The monoisotopic (exact) mass is 370 g/mol. The standard InChI is InChI=1S/C18H18N4OS2/c1-22(2)16(23)15(13-9-5-3-6-10-13)24-18-21-20-17(25-18)19-14-11-7-4-8-12-14/h3-12,15H,1-2H3,(H,19,20). The van der Waals surface area contributed by atoms with E-state index < -0.39 is 0 Å². The van der Waals surface area contributed by atoms with E-state index in [0.717, 1.165) is 15.6 Å². The highest BCUT2D eigenvalue weighted by atomic mass is 32.2. The highest BCUT2D eigenvalue weighted by Crippen LogP contribution is 2.39. The molecule has 128 valence electrons. The lowest BCUT2D eigenvalue weighted by Gasteiger charge is -2.19. The van der Waals surface area contributed by atoms with Crippen molar-refractivity contribution in [3.8, 4) is 0 Å². The maximum atomic E-state index is 12.6. The summed E-state index contributed by atoms with van der Waals surface area (Å²) in [6, 6.07) is 19.6. The van der Waals surface area contributed by atoms with Crippen molar-refractivity contribution in [2.45, 2.75) is 9.59 Å². The molecule has 1 unspecified atom stereocenters. The van der Waals surface area contributed by atoms with Crippen molar-refractivity contribution in [1.82, 2.24) is 15.1 Å². The van der Waals surface area contributed by atoms with Gasteiger partial charge in [-0.3, -0.25) is 4.79 Å². The molecule has 2 aromatic carbocycles. The van der Waals surface area contributed by atoms with Crippen LogP contribution in [0.3, 0.4) is 0 Å². The maximum Gasteiger partial charge on any atom is 0.240 e. The lowest BCUT2D eigenvalue weighted by molar-refractivity contribution is -0.128. The Labute approximate surface area is 155 Å². The Morgan fingerprint density at radius 2 is 1.68 bits per heavy atom. The van der Waals surface area contributed by atoms with E-state index in [4.69, 9.17) is 0 Å². The fourth-order valence-corrected chi connectivity index (χ4v) is 4.29. The van der Waals surface area contributed by atoms with Gasteiger partial charge in [0, 0.05) is 19.8 Å². The summed E-state index contributed by atoms with van der Waals surface area (Å²) in [5.74, 6) is 0.0315. The number of nitrogens with zero attached hydrogens (tertiary/aromatic N) is 3. The van der Waals surface area contributed by atoms with Gasteiger partial charge in [0.2, 0.25) is 11.0 Å². The van der Waals surface area contributed by atoms with E-state index in [1.807, 2.05) is 60.7 Å². The van der Waals surface area contributed by atoms with Crippen molar-refractivity contribution in [3.63, 3.8) is 0 Å². The van der Waals surface area contributed by atoms with Gasteiger partial charge in [0.25, 0.3) is 0 Å². The number of carbonyl (C=O) groups excluding carboxylic acids is 1. The predicted molar refractivity (Wildman–Crippen MR) is 103 cm³/mol. The molecule has 1 atom stereocenters. The molecule has 1 amide bonds. The molecule has 0 fully saturated rings. The summed E-state index contributed by atoms with van der Waals surface area (Å²) >= 11 is 2.86. The summed E-state index contributed by atoms with van der Waals surface area (Å²) in [6.45, 7) is 0. The largest absolute Gasteiger partial charge is 0.348 e. The molecule has 5 nitrogen and oxygen atoms in total. The Kier molecular flexibility index (Phi) is 5.67. The smallest absolute Gasteiger partial charge is 0.240 e. The Morgan fingerprint density at radius 3 is 2.32 bits per heavy atom. The number of para-hydroxylation sites is 1. The molecule has 3 rings (SSSR count). The molecule has 0 spiro atoms. The van der Waals surface area contributed by atoms with Crippen LogP contribution >= 0.6 is 23.1 Å². The fraction of sp³-hybridized carbons (Fsp3) is 0.167. The number of hydrogen-bond acceptors (Lipinski definition) is 6. The zero-order valence-corrected chi connectivity index (χ0v) is 15.6. The first-order valence-electron chi connectivity index (χ1n) is 7.72. The molecular formula is C18H18N4OS2. The minimum Gasteiger partial charge on any atom is -0.348 e. The van der Waals surface area contributed by atoms with Crippen LogP contribution in [0, 0.1) is 0 Å². The molecule has 0 bridgehead atoms. The summed E-state index contributed by atoms with van der Waals surface area (Å²) in [5.41, 5.74) is 1.91. The zero-order valence-electron chi connectivity index (χ0n) is 13.9. The van der Waals surface area contributed by atoms with E-state index in [-0.39, 0.29) is 11.2 Å². The van der Waals surface area contributed by atoms with Gasteiger partial charge in [-0.15, -0.1) is 10.2 Å². The second-order valence-corrected chi connectivity index (χ2v) is 7.84. The predicted octanol–water partition coefficient (Wildman–Crippen LogP) is 4.20. The van der Waals surface area contributed by atoms with E-state index >= 15 is 0 Å². The Bertz CT molecular complexity index is 821. The van der Waals surface area contributed by atoms with Crippen molar-refractivity contribution in [2.24, 2.45) is 0 Å². The number of amides is 1. The molecule has 0 saturated carbocycles. The highest BCUT2D eigenvalue weighted by molar-refractivity contribution is 8.01. The van der Waals surface area contributed by atoms with Crippen LogP contribution < -0.4 is 5.32 Å². The van der Waals surface area contributed by atoms with Crippen LogP contribution in [-0.2, 0) is 4.79 Å². The third kappa shape index (κ3) is 4.58. The Balaban J connectivity index is 1.77. The molecular weight excluding hydrogens is 352 g/mol. The van der Waals surface area contributed by atoms with Crippen LogP contribution in [-0.4, -0.2) is 35.1 Å². The number of aromatic nitrogens is 2. The lowest BCUT2D eigenvalue weighted by Crippen LogP contribution is -2.26. The van der Waals surface area contributed by atoms with E-state index in [1.54, 1.807) is 19.0 Å². The van der Waals surface area contributed by atoms with Crippen LogP contribution in [0.25, 0.3) is 0 Å². The normalized spacial score (nSPS) is 11.8. The number of carbonyl (C=O) groups is 1. The van der Waals surface area contributed by atoms with Gasteiger partial charge < -0.3 is 10.2 Å². The van der Waals surface area contributed by atoms with Gasteiger partial charge >= 0.3 is 0 Å². The number of hydrogen-bond donors (Lipinski definition) is 1. The van der Waals surface area contributed by atoms with Crippen LogP contribution in [0.15, 0.2) is 65.0 Å². The molecule has 3 aromatic rings. The van der Waals surface area contributed by atoms with Crippen molar-refractivity contribution in [3.05, 3.63) is 66.2 Å². The number of nitrogens with one attached hydrogen (secondary N) is 1. The van der Waals surface area contributed by atoms with Crippen LogP contribution in [0.1, 0.15) is 10.8 Å². The van der Waals surface area contributed by atoms with Crippen LogP contribution in [0.5, 0.6) is 0 Å². The maximum absolute atomic E-state index is 12.6. The first-order valence-corrected chi connectivity index (χ1v) is 9.41. The quantitative estimate of drug-likeness (QED) is 0.659.